The molecule has 84 valence electrons. The maximum Gasteiger partial charge on any atom is 0.152 e. The molecule has 0 radical (unpaired) electrons. The molecule has 1 N–H and O–H groups in total. The van der Waals surface area contributed by atoms with E-state index in [0.29, 0.717) is 5.04 Å². The van der Waals surface area contributed by atoms with Gasteiger partial charge in [-0.25, -0.2) is 0 Å². The predicted molar refractivity (Wildman–Crippen MR) is 75.0 cm³/mol. The summed E-state index contributed by atoms with van der Waals surface area (Å²) in [5, 5.41) is 0.361. The van der Waals surface area contributed by atoms with Crippen LogP contribution in [0.2, 0.25) is 18.1 Å². The molecule has 0 aliphatic carbocycles. The normalized spacial score (nSPS) is 12.7. The summed E-state index contributed by atoms with van der Waals surface area (Å²) in [7, 11) is -1.43. The highest BCUT2D eigenvalue weighted by Crippen LogP contribution is 2.36. The number of hydrogen-bond acceptors (Lipinski definition) is 1. The van der Waals surface area contributed by atoms with Gasteiger partial charge in [0.1, 0.15) is 0 Å². The molecule has 0 heterocycles. The Kier molecular flexibility index (Phi) is 3.66. The van der Waals surface area contributed by atoms with Crippen molar-refractivity contribution in [2.75, 3.05) is 4.98 Å². The van der Waals surface area contributed by atoms with E-state index in [1.54, 1.807) is 0 Å². The third kappa shape index (κ3) is 3.35. The SMILES string of the molecule is CC(C)(C)[Si](C)(C)Nc1ccc(Br)cc1. The van der Waals surface area contributed by atoms with Crippen molar-refractivity contribution in [3.05, 3.63) is 28.7 Å². The number of hydrogen-bond donors (Lipinski definition) is 1. The zero-order valence-electron chi connectivity index (χ0n) is 10.2. The van der Waals surface area contributed by atoms with Gasteiger partial charge in [-0.05, 0) is 29.3 Å². The summed E-state index contributed by atoms with van der Waals surface area (Å²) < 4.78 is 1.13. The minimum absolute atomic E-state index is 0.361. The van der Waals surface area contributed by atoms with E-state index < -0.39 is 8.24 Å². The fraction of sp³-hybridized carbons (Fsp3) is 0.500. The Morgan fingerprint density at radius 3 is 1.93 bits per heavy atom. The minimum atomic E-state index is -1.43. The Balaban J connectivity index is 2.82. The van der Waals surface area contributed by atoms with Crippen LogP contribution in [0.1, 0.15) is 20.8 Å². The second-order valence-corrected chi connectivity index (χ2v) is 11.4. The second kappa shape index (κ2) is 4.30. The molecule has 3 heteroatoms. The molecule has 0 amide bonds. The van der Waals surface area contributed by atoms with Gasteiger partial charge in [0, 0.05) is 10.2 Å². The molecule has 0 spiro atoms. The predicted octanol–water partition coefficient (Wildman–Crippen LogP) is 4.87. The van der Waals surface area contributed by atoms with Crippen LogP contribution in [-0.4, -0.2) is 8.24 Å². The van der Waals surface area contributed by atoms with Crippen molar-refractivity contribution in [1.29, 1.82) is 0 Å². The Hall–Kier alpha value is -0.283. The number of benzene rings is 1. The molecule has 0 aliphatic heterocycles. The van der Waals surface area contributed by atoms with Crippen LogP contribution in [0.25, 0.3) is 0 Å². The summed E-state index contributed by atoms with van der Waals surface area (Å²) in [6.07, 6.45) is 0. The van der Waals surface area contributed by atoms with Gasteiger partial charge in [-0.1, -0.05) is 49.8 Å². The third-order valence-corrected chi connectivity index (χ3v) is 8.37. The van der Waals surface area contributed by atoms with Crippen LogP contribution in [-0.2, 0) is 0 Å². The molecule has 0 aliphatic rings. The maximum atomic E-state index is 3.70. The highest BCUT2D eigenvalue weighted by Gasteiger charge is 2.35. The molecule has 1 rings (SSSR count). The first-order valence-corrected chi connectivity index (χ1v) is 9.05. The average Bonchev–Trinajstić information content (AvgIpc) is 2.06. The van der Waals surface area contributed by atoms with Crippen molar-refractivity contribution < 1.29 is 0 Å². The molecule has 0 fully saturated rings. The number of nitrogens with one attached hydrogen (secondary N) is 1. The van der Waals surface area contributed by atoms with Crippen LogP contribution in [0, 0.1) is 0 Å². The Morgan fingerprint density at radius 1 is 1.07 bits per heavy atom. The molecular formula is C12H20BrNSi. The Morgan fingerprint density at radius 2 is 1.53 bits per heavy atom. The second-order valence-electron chi connectivity index (χ2n) is 5.51. The van der Waals surface area contributed by atoms with E-state index in [9.17, 15) is 0 Å². The van der Waals surface area contributed by atoms with E-state index in [0.717, 1.165) is 4.47 Å². The number of rotatable bonds is 2. The first-order chi connectivity index (χ1) is 6.72. The molecule has 0 unspecified atom stereocenters. The molecule has 0 aromatic heterocycles. The third-order valence-electron chi connectivity index (χ3n) is 3.18. The summed E-state index contributed by atoms with van der Waals surface area (Å²) in [6, 6.07) is 8.42. The van der Waals surface area contributed by atoms with Gasteiger partial charge in [0.15, 0.2) is 8.24 Å². The molecule has 0 atom stereocenters. The Labute approximate surface area is 102 Å². The highest BCUT2D eigenvalue weighted by atomic mass is 79.9. The number of halogens is 1. The quantitative estimate of drug-likeness (QED) is 0.765. The van der Waals surface area contributed by atoms with E-state index in [1.165, 1.54) is 5.69 Å². The first kappa shape index (κ1) is 12.8. The molecule has 1 aromatic rings. The standard InChI is InChI=1S/C12H20BrNSi/c1-12(2,3)15(4,5)14-11-8-6-10(13)7-9-11/h6-9,14H,1-5H3. The summed E-state index contributed by atoms with van der Waals surface area (Å²) in [5.74, 6) is 0. The summed E-state index contributed by atoms with van der Waals surface area (Å²) in [6.45, 7) is 11.7. The van der Waals surface area contributed by atoms with Gasteiger partial charge < -0.3 is 4.98 Å². The summed E-state index contributed by atoms with van der Waals surface area (Å²) in [5.41, 5.74) is 1.23. The van der Waals surface area contributed by atoms with Gasteiger partial charge >= 0.3 is 0 Å². The monoisotopic (exact) mass is 285 g/mol. The van der Waals surface area contributed by atoms with Gasteiger partial charge in [0.05, 0.1) is 0 Å². The topological polar surface area (TPSA) is 12.0 Å². The molecule has 0 bridgehead atoms. The van der Waals surface area contributed by atoms with Crippen LogP contribution in [0.15, 0.2) is 28.7 Å². The van der Waals surface area contributed by atoms with Gasteiger partial charge in [-0.15, -0.1) is 0 Å². The molecule has 1 aromatic carbocycles. The van der Waals surface area contributed by atoms with Crippen molar-refractivity contribution in [2.45, 2.75) is 38.9 Å². The van der Waals surface area contributed by atoms with Gasteiger partial charge in [0.2, 0.25) is 0 Å². The first-order valence-electron chi connectivity index (χ1n) is 5.26. The van der Waals surface area contributed by atoms with Crippen LogP contribution < -0.4 is 4.98 Å². The van der Waals surface area contributed by atoms with Crippen molar-refractivity contribution in [3.8, 4) is 0 Å². The van der Waals surface area contributed by atoms with Gasteiger partial charge in [-0.3, -0.25) is 0 Å². The van der Waals surface area contributed by atoms with Crippen LogP contribution >= 0.6 is 15.9 Å². The van der Waals surface area contributed by atoms with Crippen molar-refractivity contribution >= 4 is 29.9 Å². The van der Waals surface area contributed by atoms with Crippen LogP contribution in [0.3, 0.4) is 0 Å². The Bertz CT molecular complexity index is 324. The van der Waals surface area contributed by atoms with Gasteiger partial charge in [-0.2, -0.15) is 0 Å². The lowest BCUT2D eigenvalue weighted by Gasteiger charge is -2.38. The molecule has 0 saturated heterocycles. The summed E-state index contributed by atoms with van der Waals surface area (Å²) in [4.78, 5) is 3.70. The zero-order chi connectivity index (χ0) is 11.7. The van der Waals surface area contributed by atoms with Crippen LogP contribution in [0.4, 0.5) is 5.69 Å². The lowest BCUT2D eigenvalue weighted by Crippen LogP contribution is -2.45. The molecule has 15 heavy (non-hydrogen) atoms. The van der Waals surface area contributed by atoms with Crippen molar-refractivity contribution in [2.24, 2.45) is 0 Å². The largest absolute Gasteiger partial charge is 0.410 e. The smallest absolute Gasteiger partial charge is 0.152 e. The van der Waals surface area contributed by atoms with Crippen molar-refractivity contribution in [3.63, 3.8) is 0 Å². The fourth-order valence-electron chi connectivity index (χ4n) is 1.08. The number of anilines is 1. The molecule has 1 nitrogen and oxygen atoms in total. The van der Waals surface area contributed by atoms with Crippen LogP contribution in [0.5, 0.6) is 0 Å². The van der Waals surface area contributed by atoms with E-state index in [-0.39, 0.29) is 0 Å². The van der Waals surface area contributed by atoms with Gasteiger partial charge in [0.25, 0.3) is 0 Å². The average molecular weight is 286 g/mol. The van der Waals surface area contributed by atoms with E-state index >= 15 is 0 Å². The molecular weight excluding hydrogens is 266 g/mol. The van der Waals surface area contributed by atoms with E-state index in [4.69, 9.17) is 0 Å². The van der Waals surface area contributed by atoms with Crippen molar-refractivity contribution in [1.82, 2.24) is 0 Å². The zero-order valence-corrected chi connectivity index (χ0v) is 12.8. The van der Waals surface area contributed by atoms with E-state index in [2.05, 4.69) is 79.0 Å². The minimum Gasteiger partial charge on any atom is -0.410 e. The maximum absolute atomic E-state index is 3.70. The van der Waals surface area contributed by atoms with E-state index in [1.807, 2.05) is 0 Å². The lowest BCUT2D eigenvalue weighted by molar-refractivity contribution is 0.723. The summed E-state index contributed by atoms with van der Waals surface area (Å²) >= 11 is 3.45. The highest BCUT2D eigenvalue weighted by molar-refractivity contribution is 9.10. The lowest BCUT2D eigenvalue weighted by atomic mass is 10.2. The fourth-order valence-corrected chi connectivity index (χ4v) is 2.61. The molecule has 0 saturated carbocycles.